The van der Waals surface area contributed by atoms with Crippen LogP contribution in [0.3, 0.4) is 0 Å². The third-order valence-corrected chi connectivity index (χ3v) is 2.55. The molecule has 0 radical (unpaired) electrons. The summed E-state index contributed by atoms with van der Waals surface area (Å²) < 4.78 is 4.94. The van der Waals surface area contributed by atoms with Gasteiger partial charge >= 0.3 is 5.97 Å². The summed E-state index contributed by atoms with van der Waals surface area (Å²) in [5, 5.41) is 9.11. The summed E-state index contributed by atoms with van der Waals surface area (Å²) in [7, 11) is 0. The summed E-state index contributed by atoms with van der Waals surface area (Å²) >= 11 is 11.1. The Morgan fingerprint density at radius 3 is 2.25 bits per heavy atom. The lowest BCUT2D eigenvalue weighted by Crippen LogP contribution is -1.96. The second kappa shape index (κ2) is 6.74. The van der Waals surface area contributed by atoms with Crippen LogP contribution in [0, 0.1) is 0 Å². The zero-order chi connectivity index (χ0) is 12.0. The quantitative estimate of drug-likeness (QED) is 0.843. The van der Waals surface area contributed by atoms with Crippen molar-refractivity contribution in [3.63, 3.8) is 0 Å². The molecule has 0 aromatic heterocycles. The van der Waals surface area contributed by atoms with Gasteiger partial charge in [-0.25, -0.2) is 4.79 Å². The van der Waals surface area contributed by atoms with Crippen LogP contribution in [-0.2, 0) is 4.74 Å². The van der Waals surface area contributed by atoms with Crippen LogP contribution in [0.15, 0.2) is 18.2 Å². The maximum atomic E-state index is 10.4. The Morgan fingerprint density at radius 1 is 1.25 bits per heavy atom. The average molecular weight is 263 g/mol. The van der Waals surface area contributed by atoms with Gasteiger partial charge in [-0.2, -0.15) is 0 Å². The van der Waals surface area contributed by atoms with Gasteiger partial charge in [-0.05, 0) is 31.0 Å². The Hall–Kier alpha value is -0.770. The van der Waals surface area contributed by atoms with Gasteiger partial charge in [0.1, 0.15) is 0 Å². The molecule has 0 bridgehead atoms. The lowest BCUT2D eigenvalue weighted by Gasteiger charge is -1.97. The summed E-state index contributed by atoms with van der Waals surface area (Å²) in [6.07, 6.45) is 2.56. The molecule has 0 unspecified atom stereocenters. The van der Waals surface area contributed by atoms with E-state index >= 15 is 0 Å². The fourth-order valence-corrected chi connectivity index (χ4v) is 1.54. The van der Waals surface area contributed by atoms with Crippen molar-refractivity contribution in [1.29, 1.82) is 0 Å². The maximum absolute atomic E-state index is 10.4. The van der Waals surface area contributed by atoms with Crippen molar-refractivity contribution in [2.75, 3.05) is 13.2 Å². The monoisotopic (exact) mass is 262 g/mol. The standard InChI is InChI=1S/C7H4Cl2O2.C4H8O/c8-4-1-2-6(9)5(3-4)7(10)11;1-2-4-5-3-1/h1-3H,(H,10,11);1-4H2. The molecule has 1 N–H and O–H groups in total. The molecule has 0 spiro atoms. The first kappa shape index (κ1) is 13.3. The number of carboxylic acid groups (broad SMARTS) is 1. The first-order valence-corrected chi connectivity index (χ1v) is 5.63. The average Bonchev–Trinajstić information content (AvgIpc) is 2.79. The second-order valence-electron chi connectivity index (χ2n) is 3.25. The number of hydrogen-bond acceptors (Lipinski definition) is 2. The SMILES string of the molecule is C1CCOC1.O=C(O)c1cc(Cl)ccc1Cl. The smallest absolute Gasteiger partial charge is 0.337 e. The first-order chi connectivity index (χ1) is 7.61. The molecule has 0 amide bonds. The lowest BCUT2D eigenvalue weighted by molar-refractivity contribution is 0.0697. The molecule has 1 aromatic rings. The maximum Gasteiger partial charge on any atom is 0.337 e. The number of rotatable bonds is 1. The van der Waals surface area contributed by atoms with Gasteiger partial charge in [0.2, 0.25) is 0 Å². The summed E-state index contributed by atoms with van der Waals surface area (Å²) in [4.78, 5) is 10.4. The van der Waals surface area contributed by atoms with Crippen molar-refractivity contribution >= 4 is 29.2 Å². The molecular formula is C11H12Cl2O3. The van der Waals surface area contributed by atoms with Gasteiger partial charge in [0.25, 0.3) is 0 Å². The molecule has 1 heterocycles. The van der Waals surface area contributed by atoms with Gasteiger partial charge in [0, 0.05) is 18.2 Å². The summed E-state index contributed by atoms with van der Waals surface area (Å²) in [6.45, 7) is 2.00. The molecule has 0 atom stereocenters. The molecule has 1 aliphatic rings. The molecule has 1 aliphatic heterocycles. The van der Waals surface area contributed by atoms with Crippen molar-refractivity contribution in [3.8, 4) is 0 Å². The molecule has 1 fully saturated rings. The molecule has 0 aliphatic carbocycles. The fourth-order valence-electron chi connectivity index (χ4n) is 1.17. The van der Waals surface area contributed by atoms with Crippen molar-refractivity contribution in [2.24, 2.45) is 0 Å². The molecule has 0 saturated carbocycles. The lowest BCUT2D eigenvalue weighted by atomic mass is 10.2. The molecule has 1 saturated heterocycles. The highest BCUT2D eigenvalue weighted by molar-refractivity contribution is 6.35. The van der Waals surface area contributed by atoms with Gasteiger partial charge in [-0.1, -0.05) is 23.2 Å². The number of hydrogen-bond donors (Lipinski definition) is 1. The van der Waals surface area contributed by atoms with Crippen molar-refractivity contribution < 1.29 is 14.6 Å². The predicted octanol–water partition coefficient (Wildman–Crippen LogP) is 3.49. The van der Waals surface area contributed by atoms with Crippen LogP contribution in [0.1, 0.15) is 23.2 Å². The van der Waals surface area contributed by atoms with Gasteiger partial charge in [-0.15, -0.1) is 0 Å². The fraction of sp³-hybridized carbons (Fsp3) is 0.364. The molecule has 88 valence electrons. The predicted molar refractivity (Wildman–Crippen MR) is 63.5 cm³/mol. The van der Waals surface area contributed by atoms with E-state index in [0.29, 0.717) is 5.02 Å². The van der Waals surface area contributed by atoms with Crippen LogP contribution < -0.4 is 0 Å². The van der Waals surface area contributed by atoms with Crippen molar-refractivity contribution in [1.82, 2.24) is 0 Å². The number of halogens is 2. The highest BCUT2D eigenvalue weighted by atomic mass is 35.5. The topological polar surface area (TPSA) is 46.5 Å². The molecular weight excluding hydrogens is 251 g/mol. The van der Waals surface area contributed by atoms with Crippen LogP contribution in [0.4, 0.5) is 0 Å². The van der Waals surface area contributed by atoms with E-state index in [0.717, 1.165) is 13.2 Å². The zero-order valence-corrected chi connectivity index (χ0v) is 10.1. The van der Waals surface area contributed by atoms with E-state index in [1.807, 2.05) is 0 Å². The van der Waals surface area contributed by atoms with E-state index in [1.165, 1.54) is 31.0 Å². The Morgan fingerprint density at radius 2 is 1.88 bits per heavy atom. The molecule has 3 nitrogen and oxygen atoms in total. The second-order valence-corrected chi connectivity index (χ2v) is 4.09. The zero-order valence-electron chi connectivity index (χ0n) is 8.58. The van der Waals surface area contributed by atoms with E-state index in [-0.39, 0.29) is 10.6 Å². The summed E-state index contributed by atoms with van der Waals surface area (Å²) in [5.41, 5.74) is 0.0270. The number of carbonyl (C=O) groups is 1. The van der Waals surface area contributed by atoms with Gasteiger partial charge in [0.05, 0.1) is 10.6 Å². The molecule has 5 heteroatoms. The Labute approximate surface area is 104 Å². The van der Waals surface area contributed by atoms with Gasteiger partial charge < -0.3 is 9.84 Å². The summed E-state index contributed by atoms with van der Waals surface area (Å²) in [5.74, 6) is -1.07. The van der Waals surface area contributed by atoms with Gasteiger partial charge in [0.15, 0.2) is 0 Å². The largest absolute Gasteiger partial charge is 0.478 e. The Balaban J connectivity index is 0.000000212. The van der Waals surface area contributed by atoms with E-state index in [9.17, 15) is 4.79 Å². The van der Waals surface area contributed by atoms with Crippen molar-refractivity contribution in [3.05, 3.63) is 33.8 Å². The minimum Gasteiger partial charge on any atom is -0.478 e. The van der Waals surface area contributed by atoms with Crippen molar-refractivity contribution in [2.45, 2.75) is 12.8 Å². The first-order valence-electron chi connectivity index (χ1n) is 4.87. The normalized spacial score (nSPS) is 14.1. The third-order valence-electron chi connectivity index (χ3n) is 1.99. The van der Waals surface area contributed by atoms with E-state index < -0.39 is 5.97 Å². The molecule has 1 aromatic carbocycles. The number of ether oxygens (including phenoxy) is 1. The molecule has 2 rings (SSSR count). The summed E-state index contributed by atoms with van der Waals surface area (Å²) in [6, 6.07) is 4.30. The van der Waals surface area contributed by atoms with Crippen LogP contribution in [0.25, 0.3) is 0 Å². The Kier molecular flexibility index (Phi) is 5.60. The third kappa shape index (κ3) is 4.39. The number of aromatic carboxylic acids is 1. The minimum atomic E-state index is -1.07. The number of carboxylic acids is 1. The van der Waals surface area contributed by atoms with Gasteiger partial charge in [-0.3, -0.25) is 0 Å². The van der Waals surface area contributed by atoms with Crippen LogP contribution in [0.2, 0.25) is 10.0 Å². The van der Waals surface area contributed by atoms with Crippen LogP contribution in [0.5, 0.6) is 0 Å². The Bertz CT molecular complexity index is 355. The van der Waals surface area contributed by atoms with E-state index in [1.54, 1.807) is 0 Å². The highest BCUT2D eigenvalue weighted by Gasteiger charge is 2.07. The van der Waals surface area contributed by atoms with Crippen LogP contribution in [-0.4, -0.2) is 24.3 Å². The van der Waals surface area contributed by atoms with E-state index in [2.05, 4.69) is 0 Å². The number of benzene rings is 1. The minimum absolute atomic E-state index is 0.0270. The van der Waals surface area contributed by atoms with E-state index in [4.69, 9.17) is 33.0 Å². The van der Waals surface area contributed by atoms with Crippen LogP contribution >= 0.6 is 23.2 Å². The highest BCUT2D eigenvalue weighted by Crippen LogP contribution is 2.20. The molecule has 16 heavy (non-hydrogen) atoms.